The first kappa shape index (κ1) is 15.3. The third kappa shape index (κ3) is 5.44. The number of amides is 1. The fourth-order valence-electron chi connectivity index (χ4n) is 1.19. The van der Waals surface area contributed by atoms with Gasteiger partial charge in [-0.25, -0.2) is 0 Å². The molecular formula is C11H23NO4. The van der Waals surface area contributed by atoms with Crippen LogP contribution >= 0.6 is 0 Å². The van der Waals surface area contributed by atoms with E-state index < -0.39 is 17.4 Å². The number of rotatable bonds is 8. The highest BCUT2D eigenvalue weighted by Crippen LogP contribution is 2.21. The van der Waals surface area contributed by atoms with Crippen molar-refractivity contribution in [2.24, 2.45) is 5.41 Å². The molecule has 3 N–H and O–H groups in total. The van der Waals surface area contributed by atoms with Gasteiger partial charge in [-0.2, -0.15) is 0 Å². The predicted molar refractivity (Wildman–Crippen MR) is 61.0 cm³/mol. The summed E-state index contributed by atoms with van der Waals surface area (Å²) in [5.41, 5.74) is -0.612. The summed E-state index contributed by atoms with van der Waals surface area (Å²) in [5, 5.41) is 20.9. The topological polar surface area (TPSA) is 78.8 Å². The van der Waals surface area contributed by atoms with E-state index in [1.807, 2.05) is 6.92 Å². The molecule has 0 saturated carbocycles. The molecule has 0 spiro atoms. The van der Waals surface area contributed by atoms with Gasteiger partial charge in [0, 0.05) is 25.2 Å². The molecule has 0 aliphatic heterocycles. The largest absolute Gasteiger partial charge is 0.396 e. The molecule has 0 radical (unpaired) electrons. The maximum Gasteiger partial charge on any atom is 0.249 e. The number of hydrogen-bond donors (Lipinski definition) is 3. The first-order valence-electron chi connectivity index (χ1n) is 5.60. The van der Waals surface area contributed by atoms with Gasteiger partial charge in [0.2, 0.25) is 5.91 Å². The maximum absolute atomic E-state index is 11.5. The fourth-order valence-corrected chi connectivity index (χ4v) is 1.19. The van der Waals surface area contributed by atoms with Gasteiger partial charge < -0.3 is 20.3 Å². The summed E-state index contributed by atoms with van der Waals surface area (Å²) in [5.74, 6) is -0.418. The molecule has 0 bridgehead atoms. The van der Waals surface area contributed by atoms with Crippen LogP contribution < -0.4 is 5.32 Å². The van der Waals surface area contributed by atoms with E-state index in [0.717, 1.165) is 0 Å². The molecule has 16 heavy (non-hydrogen) atoms. The van der Waals surface area contributed by atoms with E-state index in [1.54, 1.807) is 13.8 Å². The Kier molecular flexibility index (Phi) is 7.29. The van der Waals surface area contributed by atoms with Crippen molar-refractivity contribution in [1.29, 1.82) is 0 Å². The Morgan fingerprint density at radius 1 is 1.50 bits per heavy atom. The molecule has 96 valence electrons. The van der Waals surface area contributed by atoms with Crippen LogP contribution in [0.25, 0.3) is 0 Å². The van der Waals surface area contributed by atoms with Crippen molar-refractivity contribution in [2.45, 2.75) is 33.3 Å². The van der Waals surface area contributed by atoms with Crippen molar-refractivity contribution in [3.63, 3.8) is 0 Å². The Morgan fingerprint density at radius 3 is 2.62 bits per heavy atom. The van der Waals surface area contributed by atoms with E-state index in [9.17, 15) is 9.90 Å². The molecular weight excluding hydrogens is 210 g/mol. The zero-order valence-electron chi connectivity index (χ0n) is 10.3. The van der Waals surface area contributed by atoms with Crippen LogP contribution in [-0.4, -0.2) is 48.6 Å². The van der Waals surface area contributed by atoms with E-state index in [1.165, 1.54) is 0 Å². The van der Waals surface area contributed by atoms with Crippen LogP contribution in [0.15, 0.2) is 0 Å². The zero-order valence-corrected chi connectivity index (χ0v) is 10.3. The molecule has 0 aromatic carbocycles. The van der Waals surface area contributed by atoms with Gasteiger partial charge in [0.1, 0.15) is 6.10 Å². The Hall–Kier alpha value is -0.650. The molecule has 0 aliphatic rings. The Balaban J connectivity index is 4.08. The third-order valence-corrected chi connectivity index (χ3v) is 2.30. The minimum Gasteiger partial charge on any atom is -0.396 e. The number of carbonyl (C=O) groups is 1. The number of nitrogens with one attached hydrogen (secondary N) is 1. The lowest BCUT2D eigenvalue weighted by molar-refractivity contribution is -0.138. The minimum absolute atomic E-state index is 0.0265. The van der Waals surface area contributed by atoms with Crippen LogP contribution in [0.3, 0.4) is 0 Å². The second-order valence-corrected chi connectivity index (χ2v) is 4.40. The van der Waals surface area contributed by atoms with Gasteiger partial charge in [0.05, 0.1) is 6.61 Å². The second kappa shape index (κ2) is 7.60. The van der Waals surface area contributed by atoms with Crippen molar-refractivity contribution in [3.8, 4) is 0 Å². The van der Waals surface area contributed by atoms with Crippen LogP contribution in [0.4, 0.5) is 0 Å². The number of hydrogen-bond acceptors (Lipinski definition) is 4. The molecule has 1 unspecified atom stereocenters. The lowest BCUT2D eigenvalue weighted by Gasteiger charge is -2.29. The van der Waals surface area contributed by atoms with Crippen molar-refractivity contribution < 1.29 is 19.7 Å². The van der Waals surface area contributed by atoms with E-state index in [2.05, 4.69) is 5.32 Å². The Labute approximate surface area is 96.8 Å². The second-order valence-electron chi connectivity index (χ2n) is 4.40. The molecule has 1 atom stereocenters. The van der Waals surface area contributed by atoms with Crippen molar-refractivity contribution >= 4 is 5.91 Å². The van der Waals surface area contributed by atoms with E-state index >= 15 is 0 Å². The molecule has 0 aromatic heterocycles. The van der Waals surface area contributed by atoms with Crippen LogP contribution in [0.2, 0.25) is 0 Å². The summed E-state index contributed by atoms with van der Waals surface area (Å²) in [6.45, 7) is 6.71. The van der Waals surface area contributed by atoms with Gasteiger partial charge >= 0.3 is 0 Å². The molecule has 0 saturated heterocycles. The molecule has 0 rings (SSSR count). The molecule has 1 amide bonds. The first-order chi connectivity index (χ1) is 7.45. The molecule has 0 heterocycles. The highest BCUT2D eigenvalue weighted by Gasteiger charge is 2.33. The van der Waals surface area contributed by atoms with Gasteiger partial charge in [-0.15, -0.1) is 0 Å². The van der Waals surface area contributed by atoms with Crippen LogP contribution in [0.1, 0.15) is 27.2 Å². The van der Waals surface area contributed by atoms with Crippen molar-refractivity contribution in [2.75, 3.05) is 26.4 Å². The Bertz CT molecular complexity index is 206. The number of aliphatic hydroxyl groups excluding tert-OH is 2. The van der Waals surface area contributed by atoms with Crippen molar-refractivity contribution in [3.05, 3.63) is 0 Å². The molecule has 5 nitrogen and oxygen atoms in total. The molecule has 0 aliphatic carbocycles. The van der Waals surface area contributed by atoms with E-state index in [4.69, 9.17) is 9.84 Å². The predicted octanol–water partition coefficient (Wildman–Crippen LogP) is -0.0914. The average Bonchev–Trinajstić information content (AvgIpc) is 2.25. The first-order valence-corrected chi connectivity index (χ1v) is 5.60. The van der Waals surface area contributed by atoms with Gasteiger partial charge in [0.25, 0.3) is 0 Å². The zero-order chi connectivity index (χ0) is 12.6. The van der Waals surface area contributed by atoms with Gasteiger partial charge in [0.15, 0.2) is 0 Å². The summed E-state index contributed by atoms with van der Waals surface area (Å²) >= 11 is 0. The number of ether oxygens (including phenoxy) is 1. The lowest BCUT2D eigenvalue weighted by Crippen LogP contribution is -2.46. The highest BCUT2D eigenvalue weighted by atomic mass is 16.5. The van der Waals surface area contributed by atoms with Crippen LogP contribution in [-0.2, 0) is 9.53 Å². The smallest absolute Gasteiger partial charge is 0.249 e. The standard InChI is InChI=1S/C11H23NO4/c1-4-16-8-11(2,3)9(14)10(15)12-6-5-7-13/h9,13-14H,4-8H2,1-3H3,(H,12,15). The highest BCUT2D eigenvalue weighted by molar-refractivity contribution is 5.81. The molecule has 0 fully saturated rings. The summed E-state index contributed by atoms with van der Waals surface area (Å²) in [6.07, 6.45) is -0.609. The Morgan fingerprint density at radius 2 is 2.12 bits per heavy atom. The van der Waals surface area contributed by atoms with Crippen LogP contribution in [0, 0.1) is 5.41 Å². The van der Waals surface area contributed by atoms with E-state index in [-0.39, 0.29) is 6.61 Å². The monoisotopic (exact) mass is 233 g/mol. The molecule has 0 aromatic rings. The van der Waals surface area contributed by atoms with Crippen LogP contribution in [0.5, 0.6) is 0 Å². The maximum atomic E-state index is 11.5. The SMILES string of the molecule is CCOCC(C)(C)C(O)C(=O)NCCCO. The molecule has 5 heteroatoms. The minimum atomic E-state index is -1.10. The summed E-state index contributed by atoms with van der Waals surface area (Å²) in [4.78, 5) is 11.5. The average molecular weight is 233 g/mol. The van der Waals surface area contributed by atoms with Crippen molar-refractivity contribution in [1.82, 2.24) is 5.32 Å². The lowest BCUT2D eigenvalue weighted by atomic mass is 9.87. The summed E-state index contributed by atoms with van der Waals surface area (Å²) in [6, 6.07) is 0. The van der Waals surface area contributed by atoms with Gasteiger partial charge in [-0.05, 0) is 13.3 Å². The fraction of sp³-hybridized carbons (Fsp3) is 0.909. The number of carbonyl (C=O) groups excluding carboxylic acids is 1. The number of aliphatic hydroxyl groups is 2. The van der Waals surface area contributed by atoms with Gasteiger partial charge in [-0.3, -0.25) is 4.79 Å². The third-order valence-electron chi connectivity index (χ3n) is 2.30. The van der Waals surface area contributed by atoms with Gasteiger partial charge in [-0.1, -0.05) is 13.8 Å². The van der Waals surface area contributed by atoms with E-state index in [0.29, 0.717) is 26.2 Å². The summed E-state index contributed by atoms with van der Waals surface area (Å²) < 4.78 is 5.22. The normalized spacial score (nSPS) is 13.6. The summed E-state index contributed by atoms with van der Waals surface area (Å²) in [7, 11) is 0. The quantitative estimate of drug-likeness (QED) is 0.512.